The summed E-state index contributed by atoms with van der Waals surface area (Å²) in [6, 6.07) is 10.8. The number of nitrogens with two attached hydrogens (primary N) is 1. The number of nitrogens with zero attached hydrogens (tertiary/aromatic N) is 1. The SMILES string of the molecule is C[C@@H](NC(=O)/C=C/c1cc(F)ccc1F)c1cccc(N2CCOC(CN)C2)c1. The number of nitrogens with one attached hydrogen (secondary N) is 1. The molecule has 1 unspecified atom stereocenters. The van der Waals surface area contributed by atoms with E-state index in [0.29, 0.717) is 13.2 Å². The van der Waals surface area contributed by atoms with Crippen LogP contribution in [0.2, 0.25) is 0 Å². The molecule has 29 heavy (non-hydrogen) atoms. The van der Waals surface area contributed by atoms with Gasteiger partial charge in [-0.05, 0) is 48.9 Å². The monoisotopic (exact) mass is 401 g/mol. The molecule has 154 valence electrons. The van der Waals surface area contributed by atoms with Gasteiger partial charge in [0.15, 0.2) is 0 Å². The van der Waals surface area contributed by atoms with Gasteiger partial charge in [-0.2, -0.15) is 0 Å². The first-order valence-corrected chi connectivity index (χ1v) is 9.56. The Bertz CT molecular complexity index is 888. The molecule has 0 bridgehead atoms. The molecule has 0 saturated carbocycles. The number of ether oxygens (including phenoxy) is 1. The molecule has 1 aliphatic rings. The first-order valence-electron chi connectivity index (χ1n) is 9.56. The van der Waals surface area contributed by atoms with E-state index in [9.17, 15) is 13.6 Å². The van der Waals surface area contributed by atoms with Gasteiger partial charge in [-0.3, -0.25) is 4.79 Å². The minimum absolute atomic E-state index is 0.0119. The highest BCUT2D eigenvalue weighted by Gasteiger charge is 2.20. The van der Waals surface area contributed by atoms with Crippen LogP contribution >= 0.6 is 0 Å². The summed E-state index contributed by atoms with van der Waals surface area (Å²) in [4.78, 5) is 14.4. The summed E-state index contributed by atoms with van der Waals surface area (Å²) >= 11 is 0. The molecule has 5 nitrogen and oxygen atoms in total. The molecule has 1 fully saturated rings. The molecule has 2 aromatic carbocycles. The van der Waals surface area contributed by atoms with Crippen molar-refractivity contribution in [1.29, 1.82) is 0 Å². The van der Waals surface area contributed by atoms with Crippen LogP contribution in [0.1, 0.15) is 24.1 Å². The highest BCUT2D eigenvalue weighted by molar-refractivity contribution is 5.92. The predicted octanol–water partition coefficient (Wildman–Crippen LogP) is 3.02. The number of morpholine rings is 1. The number of amides is 1. The Kier molecular flexibility index (Phi) is 6.95. The topological polar surface area (TPSA) is 67.6 Å². The smallest absolute Gasteiger partial charge is 0.244 e. The molecule has 2 atom stereocenters. The molecule has 1 amide bonds. The minimum Gasteiger partial charge on any atom is -0.373 e. The van der Waals surface area contributed by atoms with Gasteiger partial charge in [0.25, 0.3) is 0 Å². The van der Waals surface area contributed by atoms with Crippen molar-refractivity contribution in [3.05, 3.63) is 71.3 Å². The zero-order valence-corrected chi connectivity index (χ0v) is 16.3. The number of hydrogen-bond acceptors (Lipinski definition) is 4. The molecule has 0 aliphatic carbocycles. The lowest BCUT2D eigenvalue weighted by Crippen LogP contribution is -2.45. The predicted molar refractivity (Wildman–Crippen MR) is 109 cm³/mol. The first-order chi connectivity index (χ1) is 14.0. The average molecular weight is 401 g/mol. The third-order valence-electron chi connectivity index (χ3n) is 4.87. The second kappa shape index (κ2) is 9.62. The van der Waals surface area contributed by atoms with Crippen LogP contribution in [0.25, 0.3) is 6.08 Å². The number of benzene rings is 2. The Morgan fingerprint density at radius 1 is 1.34 bits per heavy atom. The number of halogens is 2. The third-order valence-corrected chi connectivity index (χ3v) is 4.87. The van der Waals surface area contributed by atoms with E-state index in [2.05, 4.69) is 10.2 Å². The van der Waals surface area contributed by atoms with Crippen LogP contribution < -0.4 is 16.0 Å². The van der Waals surface area contributed by atoms with Gasteiger partial charge in [-0.15, -0.1) is 0 Å². The maximum Gasteiger partial charge on any atom is 0.244 e. The molecular formula is C22H25F2N3O2. The second-order valence-electron chi connectivity index (χ2n) is 7.00. The van der Waals surface area contributed by atoms with E-state index in [0.717, 1.165) is 42.5 Å². The fourth-order valence-electron chi connectivity index (χ4n) is 3.24. The van der Waals surface area contributed by atoms with Crippen molar-refractivity contribution in [3.8, 4) is 0 Å². The number of carbonyl (C=O) groups is 1. The van der Waals surface area contributed by atoms with Crippen molar-refractivity contribution in [2.45, 2.75) is 19.1 Å². The van der Waals surface area contributed by atoms with Gasteiger partial charge in [0, 0.05) is 37.0 Å². The quantitative estimate of drug-likeness (QED) is 0.731. The lowest BCUT2D eigenvalue weighted by atomic mass is 10.1. The molecule has 3 rings (SSSR count). The van der Waals surface area contributed by atoms with Gasteiger partial charge < -0.3 is 20.7 Å². The van der Waals surface area contributed by atoms with Gasteiger partial charge in [-0.1, -0.05) is 12.1 Å². The van der Waals surface area contributed by atoms with Gasteiger partial charge in [0.2, 0.25) is 5.91 Å². The maximum atomic E-state index is 13.7. The molecule has 0 aromatic heterocycles. The van der Waals surface area contributed by atoms with Crippen molar-refractivity contribution in [2.75, 3.05) is 31.1 Å². The Labute approximate surface area is 169 Å². The molecule has 0 spiro atoms. The Hall–Kier alpha value is -2.77. The molecule has 1 saturated heterocycles. The summed E-state index contributed by atoms with van der Waals surface area (Å²) in [7, 11) is 0. The average Bonchev–Trinajstić information content (AvgIpc) is 2.74. The van der Waals surface area contributed by atoms with Gasteiger partial charge in [0.1, 0.15) is 11.6 Å². The van der Waals surface area contributed by atoms with E-state index in [-0.39, 0.29) is 23.6 Å². The van der Waals surface area contributed by atoms with E-state index in [1.807, 2.05) is 31.2 Å². The number of carbonyl (C=O) groups excluding carboxylic acids is 1. The zero-order chi connectivity index (χ0) is 20.8. The standard InChI is InChI=1S/C22H25F2N3O2/c1-15(26-22(28)8-5-17-11-18(23)6-7-21(17)24)16-3-2-4-19(12-16)27-9-10-29-20(13-25)14-27/h2-8,11-12,15,20H,9-10,13-14,25H2,1H3,(H,26,28)/b8-5+/t15-,20?/m1/s1. The molecule has 1 heterocycles. The summed E-state index contributed by atoms with van der Waals surface area (Å²) in [5.41, 5.74) is 7.73. The normalized spacial score (nSPS) is 18.1. The van der Waals surface area contributed by atoms with E-state index in [1.54, 1.807) is 0 Å². The van der Waals surface area contributed by atoms with E-state index in [1.165, 1.54) is 12.2 Å². The van der Waals surface area contributed by atoms with Gasteiger partial charge >= 0.3 is 0 Å². The van der Waals surface area contributed by atoms with Crippen molar-refractivity contribution in [2.24, 2.45) is 5.73 Å². The zero-order valence-electron chi connectivity index (χ0n) is 16.3. The molecular weight excluding hydrogens is 376 g/mol. The summed E-state index contributed by atoms with van der Waals surface area (Å²) in [6.07, 6.45) is 2.47. The first kappa shape index (κ1) is 21.0. The molecule has 1 aliphatic heterocycles. The summed E-state index contributed by atoms with van der Waals surface area (Å²) in [5.74, 6) is -1.53. The van der Waals surface area contributed by atoms with E-state index >= 15 is 0 Å². The van der Waals surface area contributed by atoms with Crippen LogP contribution in [0.4, 0.5) is 14.5 Å². The molecule has 3 N–H and O–H groups in total. The second-order valence-corrected chi connectivity index (χ2v) is 7.00. The lowest BCUT2D eigenvalue weighted by molar-refractivity contribution is -0.117. The molecule has 0 radical (unpaired) electrons. The number of rotatable bonds is 6. The fraction of sp³-hybridized carbons (Fsp3) is 0.318. The summed E-state index contributed by atoms with van der Waals surface area (Å²) < 4.78 is 32.5. The number of hydrogen-bond donors (Lipinski definition) is 2. The Morgan fingerprint density at radius 2 is 2.17 bits per heavy atom. The maximum absolute atomic E-state index is 13.7. The molecule has 2 aromatic rings. The largest absolute Gasteiger partial charge is 0.373 e. The Balaban J connectivity index is 1.64. The minimum atomic E-state index is -0.586. The van der Waals surface area contributed by atoms with E-state index in [4.69, 9.17) is 10.5 Å². The lowest BCUT2D eigenvalue weighted by Gasteiger charge is -2.34. The van der Waals surface area contributed by atoms with Gasteiger partial charge in [-0.25, -0.2) is 8.78 Å². The number of anilines is 1. The highest BCUT2D eigenvalue weighted by atomic mass is 19.1. The van der Waals surface area contributed by atoms with Crippen molar-refractivity contribution in [3.63, 3.8) is 0 Å². The third kappa shape index (κ3) is 5.62. The van der Waals surface area contributed by atoms with Crippen LogP contribution in [0, 0.1) is 11.6 Å². The van der Waals surface area contributed by atoms with Crippen LogP contribution in [-0.2, 0) is 9.53 Å². The van der Waals surface area contributed by atoms with Gasteiger partial charge in [0.05, 0.1) is 18.8 Å². The van der Waals surface area contributed by atoms with Crippen molar-refractivity contribution < 1.29 is 18.3 Å². The van der Waals surface area contributed by atoms with Crippen LogP contribution in [0.3, 0.4) is 0 Å². The van der Waals surface area contributed by atoms with Crippen LogP contribution in [0.15, 0.2) is 48.5 Å². The molecule has 7 heteroatoms. The highest BCUT2D eigenvalue weighted by Crippen LogP contribution is 2.22. The van der Waals surface area contributed by atoms with Crippen molar-refractivity contribution >= 4 is 17.7 Å². The van der Waals surface area contributed by atoms with Crippen LogP contribution in [0.5, 0.6) is 0 Å². The Morgan fingerprint density at radius 3 is 2.97 bits per heavy atom. The van der Waals surface area contributed by atoms with Crippen LogP contribution in [-0.4, -0.2) is 38.3 Å². The summed E-state index contributed by atoms with van der Waals surface area (Å²) in [6.45, 7) is 4.47. The van der Waals surface area contributed by atoms with Crippen molar-refractivity contribution in [1.82, 2.24) is 5.32 Å². The summed E-state index contributed by atoms with van der Waals surface area (Å²) in [5, 5.41) is 2.85. The van der Waals surface area contributed by atoms with E-state index < -0.39 is 11.6 Å². The fourth-order valence-corrected chi connectivity index (χ4v) is 3.24.